The molecule has 5 N–H and O–H groups in total. The third-order valence-corrected chi connectivity index (χ3v) is 7.84. The lowest BCUT2D eigenvalue weighted by atomic mass is 9.92. The monoisotopic (exact) mass is 544 g/mol. The number of carbonyl (C=O) groups excluding carboxylic acids is 1. The average Bonchev–Trinajstić information content (AvgIpc) is 3.39. The number of fused-ring (bicyclic) bond motifs is 1. The number of piperidine rings is 1. The fraction of sp³-hybridized carbons (Fsp3) is 0.194. The lowest BCUT2D eigenvalue weighted by Gasteiger charge is -2.22. The van der Waals surface area contributed by atoms with Gasteiger partial charge in [-0.2, -0.15) is 10.4 Å². The Balaban J connectivity index is 1.51. The van der Waals surface area contributed by atoms with Crippen LogP contribution in [-0.4, -0.2) is 38.2 Å². The van der Waals surface area contributed by atoms with Crippen molar-refractivity contribution in [1.82, 2.24) is 24.5 Å². The van der Waals surface area contributed by atoms with Crippen molar-refractivity contribution in [3.05, 3.63) is 99.9 Å². The van der Waals surface area contributed by atoms with Crippen LogP contribution in [0.3, 0.4) is 0 Å². The molecule has 1 aliphatic rings. The number of hydrogen-bond donors (Lipinski definition) is 3. The van der Waals surface area contributed by atoms with Gasteiger partial charge in [-0.3, -0.25) is 14.2 Å². The van der Waals surface area contributed by atoms with Crippen LogP contribution >= 0.6 is 0 Å². The summed E-state index contributed by atoms with van der Waals surface area (Å²) in [6.45, 7) is 3.57. The summed E-state index contributed by atoms with van der Waals surface area (Å²) in [4.78, 5) is 30.5. The van der Waals surface area contributed by atoms with Gasteiger partial charge in [0.25, 0.3) is 11.5 Å². The highest BCUT2D eigenvalue weighted by atomic mass is 16.2. The first-order valence-corrected chi connectivity index (χ1v) is 13.4. The van der Waals surface area contributed by atoms with Crippen LogP contribution in [0.1, 0.15) is 46.1 Å². The molecule has 1 fully saturated rings. The van der Waals surface area contributed by atoms with Crippen LogP contribution in [0.15, 0.2) is 71.8 Å². The molecule has 2 aromatic carbocycles. The second kappa shape index (κ2) is 10.4. The van der Waals surface area contributed by atoms with Crippen LogP contribution in [0.5, 0.6) is 0 Å². The molecule has 0 aliphatic carbocycles. The van der Waals surface area contributed by atoms with E-state index in [0.29, 0.717) is 28.7 Å². The summed E-state index contributed by atoms with van der Waals surface area (Å²) in [7, 11) is 0. The average molecular weight is 545 g/mol. The number of benzene rings is 2. The van der Waals surface area contributed by atoms with E-state index in [9.17, 15) is 14.9 Å². The predicted octanol–water partition coefficient (Wildman–Crippen LogP) is 3.54. The first-order chi connectivity index (χ1) is 19.9. The third-order valence-electron chi connectivity index (χ3n) is 7.84. The van der Waals surface area contributed by atoms with Gasteiger partial charge in [-0.25, -0.2) is 9.50 Å². The van der Waals surface area contributed by atoms with E-state index in [1.807, 2.05) is 22.7 Å². The number of hydrogen-bond acceptors (Lipinski definition) is 7. The Labute approximate surface area is 235 Å². The molecule has 4 heterocycles. The molecule has 0 radical (unpaired) electrons. The molecule has 0 unspecified atom stereocenters. The number of para-hydroxylation sites is 1. The highest BCUT2D eigenvalue weighted by Gasteiger charge is 2.26. The number of nitriles is 1. The van der Waals surface area contributed by atoms with Gasteiger partial charge >= 0.3 is 0 Å². The van der Waals surface area contributed by atoms with Gasteiger partial charge in [0.05, 0.1) is 5.56 Å². The Morgan fingerprint density at radius 3 is 2.41 bits per heavy atom. The summed E-state index contributed by atoms with van der Waals surface area (Å²) >= 11 is 0. The molecule has 0 atom stereocenters. The number of carbonyl (C=O) groups is 1. The molecule has 1 saturated heterocycles. The molecule has 3 aromatic heterocycles. The SMILES string of the molecule is Cc1c(C#N)c(-c2ccc(-c3cc(C4CCNCC4)n4ncnc(N)c34)cc2)c(C(N)=O)c(=O)n1-c1ccccc1. The molecule has 10 nitrogen and oxygen atoms in total. The fourth-order valence-corrected chi connectivity index (χ4v) is 5.87. The zero-order valence-corrected chi connectivity index (χ0v) is 22.5. The number of anilines is 1. The van der Waals surface area contributed by atoms with Crippen LogP contribution in [0, 0.1) is 18.3 Å². The molecule has 204 valence electrons. The molecule has 6 rings (SSSR count). The molecular formula is C31H28N8O2. The van der Waals surface area contributed by atoms with Crippen LogP contribution < -0.4 is 22.3 Å². The minimum atomic E-state index is -0.898. The van der Waals surface area contributed by atoms with Gasteiger partial charge in [0.15, 0.2) is 5.82 Å². The minimum Gasteiger partial charge on any atom is -0.382 e. The molecule has 5 aromatic rings. The van der Waals surface area contributed by atoms with Gasteiger partial charge in [0, 0.05) is 34.1 Å². The molecular weight excluding hydrogens is 516 g/mol. The van der Waals surface area contributed by atoms with E-state index in [1.165, 1.54) is 10.9 Å². The van der Waals surface area contributed by atoms with E-state index < -0.39 is 11.5 Å². The van der Waals surface area contributed by atoms with Crippen molar-refractivity contribution < 1.29 is 4.79 Å². The van der Waals surface area contributed by atoms with Crippen molar-refractivity contribution in [2.24, 2.45) is 5.73 Å². The summed E-state index contributed by atoms with van der Waals surface area (Å²) in [5.74, 6) is -0.186. The number of nitrogens with zero attached hydrogens (tertiary/aromatic N) is 5. The van der Waals surface area contributed by atoms with E-state index in [4.69, 9.17) is 11.5 Å². The number of primary amides is 1. The summed E-state index contributed by atoms with van der Waals surface area (Å²) in [6, 6.07) is 20.5. The molecule has 0 saturated carbocycles. The number of amides is 1. The normalized spacial score (nSPS) is 13.8. The summed E-state index contributed by atoms with van der Waals surface area (Å²) < 4.78 is 3.24. The van der Waals surface area contributed by atoms with E-state index in [1.54, 1.807) is 43.3 Å². The van der Waals surface area contributed by atoms with Crippen LogP contribution in [0.25, 0.3) is 33.5 Å². The Hall–Kier alpha value is -5.27. The van der Waals surface area contributed by atoms with Gasteiger partial charge in [-0.05, 0) is 62.2 Å². The molecule has 10 heteroatoms. The summed E-state index contributed by atoms with van der Waals surface area (Å²) in [5, 5.41) is 18.1. The molecule has 1 amide bonds. The zero-order chi connectivity index (χ0) is 28.7. The van der Waals surface area contributed by atoms with E-state index in [-0.39, 0.29) is 16.7 Å². The Morgan fingerprint density at radius 1 is 1.07 bits per heavy atom. The smallest absolute Gasteiger partial charge is 0.268 e. The van der Waals surface area contributed by atoms with Crippen molar-refractivity contribution in [3.8, 4) is 34.0 Å². The largest absolute Gasteiger partial charge is 0.382 e. The van der Waals surface area contributed by atoms with E-state index >= 15 is 0 Å². The van der Waals surface area contributed by atoms with Crippen LogP contribution in [0.2, 0.25) is 0 Å². The standard InChI is InChI=1S/C31H28N8O2/c1-18-24(16-32)26(27(30(34)40)31(41)38(18)22-5-3-2-4-6-22)21-9-7-19(8-10-21)23-15-25(20-11-13-35-14-12-20)39-28(23)29(33)36-17-37-39/h2-10,15,17,20,35H,11-14H2,1H3,(H2,34,40)(H2,33,36,37). The summed E-state index contributed by atoms with van der Waals surface area (Å²) in [6.07, 6.45) is 3.46. The highest BCUT2D eigenvalue weighted by Crippen LogP contribution is 2.37. The molecule has 1 aliphatic heterocycles. The topological polar surface area (TPSA) is 157 Å². The molecule has 0 bridgehead atoms. The quantitative estimate of drug-likeness (QED) is 0.305. The lowest BCUT2D eigenvalue weighted by Crippen LogP contribution is -2.32. The number of aromatic nitrogens is 4. The lowest BCUT2D eigenvalue weighted by molar-refractivity contribution is 0.0999. The van der Waals surface area contributed by atoms with Gasteiger partial charge in [0.2, 0.25) is 0 Å². The van der Waals surface area contributed by atoms with Crippen LogP contribution in [-0.2, 0) is 0 Å². The second-order valence-electron chi connectivity index (χ2n) is 10.2. The number of nitrogens with two attached hydrogens (primary N) is 2. The maximum atomic E-state index is 13.6. The van der Waals surface area contributed by atoms with E-state index in [2.05, 4.69) is 27.5 Å². The predicted molar refractivity (Wildman–Crippen MR) is 157 cm³/mol. The van der Waals surface area contributed by atoms with Gasteiger partial charge in [-0.1, -0.05) is 42.5 Å². The van der Waals surface area contributed by atoms with Gasteiger partial charge in [-0.15, -0.1) is 0 Å². The van der Waals surface area contributed by atoms with Gasteiger partial charge < -0.3 is 16.8 Å². The number of nitrogens with one attached hydrogen (secondary N) is 1. The molecule has 41 heavy (non-hydrogen) atoms. The summed E-state index contributed by atoms with van der Waals surface area (Å²) in [5.41, 5.74) is 16.8. The maximum Gasteiger partial charge on any atom is 0.268 e. The van der Waals surface area contributed by atoms with Crippen LogP contribution in [0.4, 0.5) is 5.82 Å². The number of nitrogen functional groups attached to an aromatic ring is 1. The Morgan fingerprint density at radius 2 is 1.76 bits per heavy atom. The first-order valence-electron chi connectivity index (χ1n) is 13.4. The first kappa shape index (κ1) is 26.0. The number of rotatable bonds is 5. The van der Waals surface area contributed by atoms with Crippen molar-refractivity contribution in [2.75, 3.05) is 18.8 Å². The van der Waals surface area contributed by atoms with Crippen molar-refractivity contribution in [3.63, 3.8) is 0 Å². The maximum absolute atomic E-state index is 13.6. The van der Waals surface area contributed by atoms with Gasteiger partial charge in [0.1, 0.15) is 23.5 Å². The van der Waals surface area contributed by atoms with Crippen molar-refractivity contribution in [2.45, 2.75) is 25.7 Å². The zero-order valence-electron chi connectivity index (χ0n) is 22.5. The highest BCUT2D eigenvalue weighted by molar-refractivity contribution is 6.01. The van der Waals surface area contributed by atoms with Crippen molar-refractivity contribution in [1.29, 1.82) is 5.26 Å². The Kier molecular flexibility index (Phi) is 6.57. The van der Waals surface area contributed by atoms with Crippen molar-refractivity contribution >= 4 is 17.2 Å². The molecule has 0 spiro atoms. The fourth-order valence-electron chi connectivity index (χ4n) is 5.87. The minimum absolute atomic E-state index is 0.204. The Bertz CT molecular complexity index is 1890. The number of pyridine rings is 1. The second-order valence-corrected chi connectivity index (χ2v) is 10.2. The van der Waals surface area contributed by atoms with E-state index in [0.717, 1.165) is 48.3 Å². The third kappa shape index (κ3) is 4.33.